The third-order valence-electron chi connectivity index (χ3n) is 4.23. The van der Waals surface area contributed by atoms with Crippen molar-refractivity contribution in [3.8, 4) is 0 Å². The molecule has 0 unspecified atom stereocenters. The minimum atomic E-state index is -0.353. The van der Waals surface area contributed by atoms with E-state index in [1.54, 1.807) is 17.0 Å². The van der Waals surface area contributed by atoms with Gasteiger partial charge in [0.2, 0.25) is 5.91 Å². The summed E-state index contributed by atoms with van der Waals surface area (Å²) < 4.78 is 5.85. The maximum atomic E-state index is 12.8. The van der Waals surface area contributed by atoms with Crippen molar-refractivity contribution in [3.63, 3.8) is 0 Å². The molecule has 1 heterocycles. The van der Waals surface area contributed by atoms with Crippen LogP contribution in [0.25, 0.3) is 0 Å². The van der Waals surface area contributed by atoms with Crippen molar-refractivity contribution in [1.82, 2.24) is 0 Å². The number of nitrogens with zero attached hydrogens (tertiary/aromatic N) is 1. The van der Waals surface area contributed by atoms with Gasteiger partial charge < -0.3 is 9.64 Å². The minimum absolute atomic E-state index is 0.0419. The molecule has 1 aliphatic rings. The van der Waals surface area contributed by atoms with Crippen LogP contribution in [0.3, 0.4) is 0 Å². The van der Waals surface area contributed by atoms with Crippen molar-refractivity contribution in [1.29, 1.82) is 0 Å². The van der Waals surface area contributed by atoms with E-state index in [2.05, 4.69) is 15.9 Å². The Morgan fingerprint density at radius 3 is 2.62 bits per heavy atom. The Kier molecular flexibility index (Phi) is 5.00. The van der Waals surface area contributed by atoms with E-state index in [-0.39, 0.29) is 11.9 Å². The average Bonchev–Trinajstić information content (AvgIpc) is 2.61. The zero-order chi connectivity index (χ0) is 17.1. The molecular weight excluding hydrogens is 370 g/mol. The van der Waals surface area contributed by atoms with Crippen LogP contribution in [0.4, 0.5) is 5.69 Å². The number of methoxy groups -OCH3 is 1. The van der Waals surface area contributed by atoms with Gasteiger partial charge in [0.15, 0.2) is 0 Å². The summed E-state index contributed by atoms with van der Waals surface area (Å²) in [5.74, 6) is -0.311. The smallest absolute Gasteiger partial charge is 0.338 e. The van der Waals surface area contributed by atoms with Gasteiger partial charge in [0.25, 0.3) is 0 Å². The van der Waals surface area contributed by atoms with Crippen LogP contribution < -0.4 is 4.90 Å². The van der Waals surface area contributed by atoms with Crippen LogP contribution in [0, 0.1) is 0 Å². The predicted octanol–water partition coefficient (Wildman–Crippen LogP) is 3.76. The molecule has 0 atom stereocenters. The van der Waals surface area contributed by atoms with Crippen molar-refractivity contribution >= 4 is 33.5 Å². The highest BCUT2D eigenvalue weighted by Crippen LogP contribution is 2.31. The first-order chi connectivity index (χ1) is 11.6. The maximum absolute atomic E-state index is 12.8. The Morgan fingerprint density at radius 1 is 1.17 bits per heavy atom. The SMILES string of the molecule is COC(=O)c1cccc2c1CCCN2C(=O)Cc1ccc(Br)cc1. The van der Waals surface area contributed by atoms with Crippen molar-refractivity contribution in [3.05, 3.63) is 63.6 Å². The van der Waals surface area contributed by atoms with Gasteiger partial charge in [0.05, 0.1) is 19.1 Å². The zero-order valence-corrected chi connectivity index (χ0v) is 15.0. The molecule has 0 spiro atoms. The number of carbonyl (C=O) groups excluding carboxylic acids is 2. The van der Waals surface area contributed by atoms with E-state index in [0.717, 1.165) is 34.1 Å². The van der Waals surface area contributed by atoms with E-state index in [4.69, 9.17) is 4.74 Å². The molecule has 2 aromatic carbocycles. The van der Waals surface area contributed by atoms with Crippen LogP contribution in [-0.4, -0.2) is 25.5 Å². The van der Waals surface area contributed by atoms with Crippen LogP contribution in [0.5, 0.6) is 0 Å². The monoisotopic (exact) mass is 387 g/mol. The van der Waals surface area contributed by atoms with E-state index in [1.165, 1.54) is 7.11 Å². The van der Waals surface area contributed by atoms with Crippen molar-refractivity contribution in [2.45, 2.75) is 19.3 Å². The Morgan fingerprint density at radius 2 is 1.92 bits per heavy atom. The van der Waals surface area contributed by atoms with Crippen molar-refractivity contribution in [2.75, 3.05) is 18.6 Å². The highest BCUT2D eigenvalue weighted by atomic mass is 79.9. The fraction of sp³-hybridized carbons (Fsp3) is 0.263. The molecular formula is C19H18BrNO3. The number of benzene rings is 2. The normalized spacial score (nSPS) is 13.3. The Hall–Kier alpha value is -2.14. The molecule has 2 aromatic rings. The van der Waals surface area contributed by atoms with Crippen molar-refractivity contribution in [2.24, 2.45) is 0 Å². The highest BCUT2D eigenvalue weighted by molar-refractivity contribution is 9.10. The van der Waals surface area contributed by atoms with Gasteiger partial charge in [-0.15, -0.1) is 0 Å². The first-order valence-corrected chi connectivity index (χ1v) is 8.64. The molecule has 0 N–H and O–H groups in total. The third kappa shape index (κ3) is 3.36. The van der Waals surface area contributed by atoms with Crippen LogP contribution >= 0.6 is 15.9 Å². The molecule has 4 nitrogen and oxygen atoms in total. The Balaban J connectivity index is 1.87. The number of halogens is 1. The minimum Gasteiger partial charge on any atom is -0.465 e. The van der Waals surface area contributed by atoms with Crippen LogP contribution in [0.2, 0.25) is 0 Å². The van der Waals surface area contributed by atoms with Gasteiger partial charge in [0, 0.05) is 16.7 Å². The van der Waals surface area contributed by atoms with E-state index < -0.39 is 0 Å². The molecule has 0 aliphatic carbocycles. The van der Waals surface area contributed by atoms with Crippen LogP contribution in [-0.2, 0) is 22.4 Å². The summed E-state index contributed by atoms with van der Waals surface area (Å²) >= 11 is 3.40. The topological polar surface area (TPSA) is 46.6 Å². The van der Waals surface area contributed by atoms with Crippen LogP contribution in [0.1, 0.15) is 27.9 Å². The molecule has 0 aromatic heterocycles. The Labute approximate surface area is 149 Å². The second-order valence-corrected chi connectivity index (χ2v) is 6.66. The first-order valence-electron chi connectivity index (χ1n) is 7.85. The van der Waals surface area contributed by atoms with Crippen molar-refractivity contribution < 1.29 is 14.3 Å². The van der Waals surface area contributed by atoms with Gasteiger partial charge in [-0.2, -0.15) is 0 Å². The lowest BCUT2D eigenvalue weighted by Gasteiger charge is -2.30. The number of hydrogen-bond donors (Lipinski definition) is 0. The quantitative estimate of drug-likeness (QED) is 0.753. The van der Waals surface area contributed by atoms with E-state index in [1.807, 2.05) is 30.3 Å². The lowest BCUT2D eigenvalue weighted by Crippen LogP contribution is -2.37. The summed E-state index contributed by atoms with van der Waals surface area (Å²) in [4.78, 5) is 26.5. The maximum Gasteiger partial charge on any atom is 0.338 e. The second-order valence-electron chi connectivity index (χ2n) is 5.75. The molecule has 0 fully saturated rings. The summed E-state index contributed by atoms with van der Waals surface area (Å²) in [7, 11) is 1.38. The molecule has 1 aliphatic heterocycles. The van der Waals surface area contributed by atoms with Gasteiger partial charge in [-0.1, -0.05) is 34.1 Å². The van der Waals surface area contributed by atoms with Gasteiger partial charge in [-0.25, -0.2) is 4.79 Å². The number of rotatable bonds is 3. The third-order valence-corrected chi connectivity index (χ3v) is 4.75. The number of hydrogen-bond acceptors (Lipinski definition) is 3. The zero-order valence-electron chi connectivity index (χ0n) is 13.4. The molecule has 5 heteroatoms. The standard InChI is InChI=1S/C19H18BrNO3/c1-24-19(23)16-4-2-6-17-15(16)5-3-11-21(17)18(22)12-13-7-9-14(20)10-8-13/h2,4,6-10H,3,5,11-12H2,1H3. The first kappa shape index (κ1) is 16.7. The summed E-state index contributed by atoms with van der Waals surface area (Å²) in [6, 6.07) is 13.2. The van der Waals surface area contributed by atoms with E-state index in [9.17, 15) is 9.59 Å². The number of ether oxygens (including phenoxy) is 1. The van der Waals surface area contributed by atoms with E-state index in [0.29, 0.717) is 18.5 Å². The number of amides is 1. The highest BCUT2D eigenvalue weighted by Gasteiger charge is 2.26. The molecule has 0 saturated carbocycles. The summed E-state index contributed by atoms with van der Waals surface area (Å²) in [6.45, 7) is 0.674. The number of fused-ring (bicyclic) bond motifs is 1. The fourth-order valence-corrected chi connectivity index (χ4v) is 3.32. The van der Waals surface area contributed by atoms with Crippen LogP contribution in [0.15, 0.2) is 46.9 Å². The number of esters is 1. The van der Waals surface area contributed by atoms with Gasteiger partial charge in [0.1, 0.15) is 0 Å². The largest absolute Gasteiger partial charge is 0.465 e. The predicted molar refractivity (Wildman–Crippen MR) is 96.3 cm³/mol. The summed E-state index contributed by atoms with van der Waals surface area (Å²) in [5, 5.41) is 0. The number of carbonyl (C=O) groups is 2. The molecule has 0 saturated heterocycles. The van der Waals surface area contributed by atoms with Gasteiger partial charge in [-0.3, -0.25) is 4.79 Å². The average molecular weight is 388 g/mol. The molecule has 124 valence electrons. The molecule has 0 radical (unpaired) electrons. The summed E-state index contributed by atoms with van der Waals surface area (Å²) in [5.41, 5.74) is 3.25. The van der Waals surface area contributed by atoms with E-state index >= 15 is 0 Å². The summed E-state index contributed by atoms with van der Waals surface area (Å²) in [6.07, 6.45) is 1.96. The molecule has 0 bridgehead atoms. The second kappa shape index (κ2) is 7.18. The number of anilines is 1. The molecule has 1 amide bonds. The van der Waals surface area contributed by atoms with Gasteiger partial charge in [-0.05, 0) is 48.2 Å². The molecule has 24 heavy (non-hydrogen) atoms. The fourth-order valence-electron chi connectivity index (χ4n) is 3.06. The van der Waals surface area contributed by atoms with Gasteiger partial charge >= 0.3 is 5.97 Å². The lowest BCUT2D eigenvalue weighted by atomic mass is 9.95. The molecule has 3 rings (SSSR count). The lowest BCUT2D eigenvalue weighted by molar-refractivity contribution is -0.118. The Bertz CT molecular complexity index is 771.